The maximum absolute atomic E-state index is 5.91. The van der Waals surface area contributed by atoms with Gasteiger partial charge in [0.2, 0.25) is 0 Å². The molecule has 23 heavy (non-hydrogen) atoms. The molecule has 0 saturated carbocycles. The third-order valence-corrected chi connectivity index (χ3v) is 3.45. The molecule has 0 spiro atoms. The van der Waals surface area contributed by atoms with Crippen LogP contribution in [0.4, 0.5) is 11.4 Å². The first-order valence-electron chi connectivity index (χ1n) is 7.28. The summed E-state index contributed by atoms with van der Waals surface area (Å²) >= 11 is 0. The zero-order valence-corrected chi connectivity index (χ0v) is 12.8. The van der Waals surface area contributed by atoms with Gasteiger partial charge < -0.3 is 20.9 Å². The van der Waals surface area contributed by atoms with Gasteiger partial charge in [-0.1, -0.05) is 6.07 Å². The highest BCUT2D eigenvalue weighted by molar-refractivity contribution is 5.50. The highest BCUT2D eigenvalue weighted by atomic mass is 16.5. The molecule has 0 amide bonds. The molecule has 0 heterocycles. The van der Waals surface area contributed by atoms with Crippen LogP contribution in [0.5, 0.6) is 23.0 Å². The number of nitrogens with two attached hydrogens (primary N) is 2. The average Bonchev–Trinajstić information content (AvgIpc) is 2.55. The minimum Gasteiger partial charge on any atom is -0.457 e. The summed E-state index contributed by atoms with van der Waals surface area (Å²) in [6, 6.07) is 20.3. The molecule has 0 aliphatic rings. The smallest absolute Gasteiger partial charge is 0.134 e. The molecule has 0 bridgehead atoms. The Bertz CT molecular complexity index is 731. The second-order valence-electron chi connectivity index (χ2n) is 5.22. The summed E-state index contributed by atoms with van der Waals surface area (Å²) in [5, 5.41) is 0. The molecule has 3 aromatic carbocycles. The number of rotatable bonds is 4. The van der Waals surface area contributed by atoms with Gasteiger partial charge in [0.15, 0.2) is 0 Å². The van der Waals surface area contributed by atoms with Crippen molar-refractivity contribution in [1.29, 1.82) is 0 Å². The highest BCUT2D eigenvalue weighted by Gasteiger charge is 2.08. The van der Waals surface area contributed by atoms with Crippen molar-refractivity contribution < 1.29 is 9.47 Å². The molecule has 4 heteroatoms. The Labute approximate surface area is 135 Å². The minimum atomic E-state index is 0.703. The molecule has 0 unspecified atom stereocenters. The van der Waals surface area contributed by atoms with Crippen molar-refractivity contribution in [2.24, 2.45) is 0 Å². The lowest BCUT2D eigenvalue weighted by Gasteiger charge is -2.13. The van der Waals surface area contributed by atoms with E-state index >= 15 is 0 Å². The van der Waals surface area contributed by atoms with Crippen molar-refractivity contribution in [2.45, 2.75) is 6.92 Å². The van der Waals surface area contributed by atoms with Crippen molar-refractivity contribution in [3.05, 3.63) is 72.3 Å². The Morgan fingerprint density at radius 1 is 0.609 bits per heavy atom. The van der Waals surface area contributed by atoms with E-state index in [1.165, 1.54) is 0 Å². The first-order valence-corrected chi connectivity index (χ1v) is 7.28. The maximum Gasteiger partial charge on any atom is 0.134 e. The predicted molar refractivity (Wildman–Crippen MR) is 93.0 cm³/mol. The van der Waals surface area contributed by atoms with Gasteiger partial charge in [-0.15, -0.1) is 0 Å². The van der Waals surface area contributed by atoms with Crippen molar-refractivity contribution >= 4 is 11.4 Å². The van der Waals surface area contributed by atoms with Crippen molar-refractivity contribution in [3.63, 3.8) is 0 Å². The summed E-state index contributed by atoms with van der Waals surface area (Å²) in [4.78, 5) is 0. The van der Waals surface area contributed by atoms with Gasteiger partial charge in [-0.2, -0.15) is 0 Å². The fourth-order valence-corrected chi connectivity index (χ4v) is 2.14. The first-order chi connectivity index (χ1) is 11.1. The van der Waals surface area contributed by atoms with Crippen LogP contribution in [0, 0.1) is 6.92 Å². The topological polar surface area (TPSA) is 70.5 Å². The molecule has 0 radical (unpaired) electrons. The van der Waals surface area contributed by atoms with Gasteiger partial charge in [-0.05, 0) is 67.6 Å². The Kier molecular flexibility index (Phi) is 4.06. The van der Waals surface area contributed by atoms with E-state index in [-0.39, 0.29) is 0 Å². The van der Waals surface area contributed by atoms with Crippen LogP contribution in [-0.4, -0.2) is 0 Å². The van der Waals surface area contributed by atoms with E-state index in [1.54, 1.807) is 24.3 Å². The van der Waals surface area contributed by atoms with Gasteiger partial charge in [0, 0.05) is 16.9 Å². The zero-order valence-electron chi connectivity index (χ0n) is 12.8. The lowest BCUT2D eigenvalue weighted by Crippen LogP contribution is -1.93. The summed E-state index contributed by atoms with van der Waals surface area (Å²) in [5.74, 6) is 2.93. The molecule has 0 saturated heterocycles. The number of hydrogen-bond acceptors (Lipinski definition) is 4. The van der Waals surface area contributed by atoms with Crippen molar-refractivity contribution in [2.75, 3.05) is 11.5 Å². The SMILES string of the molecule is Cc1c(Oc2ccc(N)cc2)cccc1Oc1ccc(N)cc1. The van der Waals surface area contributed by atoms with Gasteiger partial charge in [-0.3, -0.25) is 0 Å². The van der Waals surface area contributed by atoms with Crippen LogP contribution in [0.25, 0.3) is 0 Å². The second kappa shape index (κ2) is 6.32. The van der Waals surface area contributed by atoms with E-state index in [1.807, 2.05) is 49.4 Å². The second-order valence-corrected chi connectivity index (χ2v) is 5.22. The molecule has 0 fully saturated rings. The summed E-state index contributed by atoms with van der Waals surface area (Å²) in [5.41, 5.74) is 13.7. The zero-order chi connectivity index (χ0) is 16.2. The molecule has 3 rings (SSSR count). The largest absolute Gasteiger partial charge is 0.457 e. The van der Waals surface area contributed by atoms with E-state index in [9.17, 15) is 0 Å². The molecule has 4 N–H and O–H groups in total. The van der Waals surface area contributed by atoms with Crippen LogP contribution in [0.3, 0.4) is 0 Å². The number of benzene rings is 3. The van der Waals surface area contributed by atoms with E-state index in [0.717, 1.165) is 28.6 Å². The summed E-state index contributed by atoms with van der Waals surface area (Å²) in [6.45, 7) is 1.96. The molecule has 0 aliphatic carbocycles. The first kappa shape index (κ1) is 14.8. The average molecular weight is 306 g/mol. The number of hydrogen-bond donors (Lipinski definition) is 2. The normalized spacial score (nSPS) is 10.3. The van der Waals surface area contributed by atoms with Gasteiger partial charge in [-0.25, -0.2) is 0 Å². The number of ether oxygens (including phenoxy) is 2. The summed E-state index contributed by atoms with van der Waals surface area (Å²) < 4.78 is 11.8. The van der Waals surface area contributed by atoms with Gasteiger partial charge in [0.1, 0.15) is 23.0 Å². The number of anilines is 2. The monoisotopic (exact) mass is 306 g/mol. The maximum atomic E-state index is 5.91. The molecular formula is C19H18N2O2. The van der Waals surface area contributed by atoms with Crippen LogP contribution in [0.1, 0.15) is 5.56 Å². The Hall–Kier alpha value is -3.14. The van der Waals surface area contributed by atoms with Crippen LogP contribution >= 0.6 is 0 Å². The minimum absolute atomic E-state index is 0.703. The quantitative estimate of drug-likeness (QED) is 0.683. The van der Waals surface area contributed by atoms with Crippen LogP contribution in [0.2, 0.25) is 0 Å². The van der Waals surface area contributed by atoms with E-state index in [2.05, 4.69) is 0 Å². The molecule has 0 atom stereocenters. The molecular weight excluding hydrogens is 288 g/mol. The third kappa shape index (κ3) is 3.55. The van der Waals surface area contributed by atoms with E-state index in [4.69, 9.17) is 20.9 Å². The van der Waals surface area contributed by atoms with Crippen LogP contribution in [-0.2, 0) is 0 Å². The van der Waals surface area contributed by atoms with Gasteiger partial charge in [0.25, 0.3) is 0 Å². The summed E-state index contributed by atoms with van der Waals surface area (Å²) in [7, 11) is 0. The Morgan fingerprint density at radius 2 is 1.00 bits per heavy atom. The standard InChI is InChI=1S/C19H18N2O2/c1-13-18(22-16-9-5-14(20)6-10-16)3-2-4-19(13)23-17-11-7-15(21)8-12-17/h2-12H,20-21H2,1H3. The fraction of sp³-hybridized carbons (Fsp3) is 0.0526. The van der Waals surface area contributed by atoms with Crippen molar-refractivity contribution in [1.82, 2.24) is 0 Å². The van der Waals surface area contributed by atoms with E-state index < -0.39 is 0 Å². The molecule has 4 nitrogen and oxygen atoms in total. The molecule has 0 aliphatic heterocycles. The summed E-state index contributed by atoms with van der Waals surface area (Å²) in [6.07, 6.45) is 0. The lowest BCUT2D eigenvalue weighted by atomic mass is 10.2. The third-order valence-electron chi connectivity index (χ3n) is 3.45. The number of nitrogen functional groups attached to an aromatic ring is 2. The van der Waals surface area contributed by atoms with Gasteiger partial charge in [0.05, 0.1) is 0 Å². The Morgan fingerprint density at radius 3 is 1.39 bits per heavy atom. The highest BCUT2D eigenvalue weighted by Crippen LogP contribution is 2.34. The van der Waals surface area contributed by atoms with Crippen LogP contribution in [0.15, 0.2) is 66.7 Å². The van der Waals surface area contributed by atoms with E-state index in [0.29, 0.717) is 11.4 Å². The fourth-order valence-electron chi connectivity index (χ4n) is 2.14. The molecule has 0 aromatic heterocycles. The van der Waals surface area contributed by atoms with Crippen LogP contribution < -0.4 is 20.9 Å². The predicted octanol–water partition coefficient (Wildman–Crippen LogP) is 4.74. The van der Waals surface area contributed by atoms with Crippen molar-refractivity contribution in [3.8, 4) is 23.0 Å². The van der Waals surface area contributed by atoms with Gasteiger partial charge >= 0.3 is 0 Å². The molecule has 116 valence electrons. The Balaban J connectivity index is 1.83. The molecule has 3 aromatic rings. The lowest BCUT2D eigenvalue weighted by molar-refractivity contribution is 0.454.